The highest BCUT2D eigenvalue weighted by atomic mass is 16.3. The summed E-state index contributed by atoms with van der Waals surface area (Å²) in [5.74, 6) is 1.82. The second-order valence-electron chi connectivity index (χ2n) is 6.10. The number of aliphatic hydroxyl groups excluding tert-OH is 1. The van der Waals surface area contributed by atoms with Crippen LogP contribution in [0.5, 0.6) is 0 Å². The third kappa shape index (κ3) is 2.45. The fourth-order valence-corrected chi connectivity index (χ4v) is 3.62. The molecule has 3 unspecified atom stereocenters. The highest BCUT2D eigenvalue weighted by Crippen LogP contribution is 2.38. The van der Waals surface area contributed by atoms with Gasteiger partial charge in [0.2, 0.25) is 0 Å². The summed E-state index contributed by atoms with van der Waals surface area (Å²) in [5.41, 5.74) is 2.30. The molecule has 0 amide bonds. The molecule has 0 aromatic heterocycles. The van der Waals surface area contributed by atoms with E-state index in [-0.39, 0.29) is 6.10 Å². The average Bonchev–Trinajstić information content (AvgIpc) is 2.90. The van der Waals surface area contributed by atoms with Crippen LogP contribution in [0.3, 0.4) is 0 Å². The summed E-state index contributed by atoms with van der Waals surface area (Å²) >= 11 is 0. The summed E-state index contributed by atoms with van der Waals surface area (Å²) in [5, 5.41) is 10.3. The van der Waals surface area contributed by atoms with Crippen molar-refractivity contribution in [3.05, 3.63) is 35.4 Å². The van der Waals surface area contributed by atoms with E-state index in [4.69, 9.17) is 0 Å². The lowest BCUT2D eigenvalue weighted by molar-refractivity contribution is 0.122. The minimum absolute atomic E-state index is 0.329. The van der Waals surface area contributed by atoms with Crippen LogP contribution >= 0.6 is 0 Å². The molecule has 2 heteroatoms. The molecule has 1 aromatic rings. The van der Waals surface area contributed by atoms with Crippen molar-refractivity contribution < 1.29 is 5.11 Å². The molecule has 2 fully saturated rings. The Balaban J connectivity index is 1.58. The SMILES string of the molecule is Cc1ccc(C(O)CN2CC3CCCC3C2)cc1. The van der Waals surface area contributed by atoms with Crippen LogP contribution in [-0.2, 0) is 0 Å². The first-order valence-corrected chi connectivity index (χ1v) is 7.19. The molecule has 2 nitrogen and oxygen atoms in total. The van der Waals surface area contributed by atoms with Gasteiger partial charge < -0.3 is 5.11 Å². The Kier molecular flexibility index (Phi) is 3.40. The van der Waals surface area contributed by atoms with Crippen molar-refractivity contribution in [2.75, 3.05) is 19.6 Å². The molecule has 1 saturated heterocycles. The molecule has 3 rings (SSSR count). The smallest absolute Gasteiger partial charge is 0.0916 e. The number of aliphatic hydroxyl groups is 1. The molecule has 1 N–H and O–H groups in total. The molecular weight excluding hydrogens is 222 g/mol. The monoisotopic (exact) mass is 245 g/mol. The fourth-order valence-electron chi connectivity index (χ4n) is 3.62. The van der Waals surface area contributed by atoms with Crippen LogP contribution in [-0.4, -0.2) is 29.6 Å². The number of hydrogen-bond donors (Lipinski definition) is 1. The Bertz CT molecular complexity index is 388. The number of nitrogens with zero attached hydrogens (tertiary/aromatic N) is 1. The summed E-state index contributed by atoms with van der Waals surface area (Å²) in [6, 6.07) is 8.27. The van der Waals surface area contributed by atoms with Gasteiger partial charge in [-0.2, -0.15) is 0 Å². The summed E-state index contributed by atoms with van der Waals surface area (Å²) in [6.07, 6.45) is 3.90. The van der Waals surface area contributed by atoms with Gasteiger partial charge in [-0.1, -0.05) is 36.2 Å². The van der Waals surface area contributed by atoms with E-state index in [0.29, 0.717) is 0 Å². The summed E-state index contributed by atoms with van der Waals surface area (Å²) in [4.78, 5) is 2.46. The van der Waals surface area contributed by atoms with E-state index < -0.39 is 0 Å². The zero-order valence-electron chi connectivity index (χ0n) is 11.2. The van der Waals surface area contributed by atoms with Gasteiger partial charge in [-0.25, -0.2) is 0 Å². The zero-order valence-corrected chi connectivity index (χ0v) is 11.2. The van der Waals surface area contributed by atoms with Gasteiger partial charge in [0, 0.05) is 19.6 Å². The number of benzene rings is 1. The van der Waals surface area contributed by atoms with E-state index >= 15 is 0 Å². The molecule has 1 heterocycles. The normalized spacial score (nSPS) is 29.4. The first-order valence-electron chi connectivity index (χ1n) is 7.19. The topological polar surface area (TPSA) is 23.5 Å². The van der Waals surface area contributed by atoms with Crippen molar-refractivity contribution in [1.82, 2.24) is 4.90 Å². The molecule has 1 saturated carbocycles. The largest absolute Gasteiger partial charge is 0.387 e. The van der Waals surface area contributed by atoms with Gasteiger partial charge in [0.25, 0.3) is 0 Å². The van der Waals surface area contributed by atoms with Crippen LogP contribution in [0, 0.1) is 18.8 Å². The second kappa shape index (κ2) is 5.02. The summed E-state index contributed by atoms with van der Waals surface area (Å²) in [6.45, 7) is 5.29. The predicted octanol–water partition coefficient (Wildman–Crippen LogP) is 2.76. The maximum absolute atomic E-state index is 10.3. The van der Waals surface area contributed by atoms with Crippen LogP contribution in [0.15, 0.2) is 24.3 Å². The van der Waals surface area contributed by atoms with Gasteiger partial charge >= 0.3 is 0 Å². The van der Waals surface area contributed by atoms with E-state index in [1.165, 1.54) is 37.9 Å². The van der Waals surface area contributed by atoms with E-state index in [1.54, 1.807) is 0 Å². The fraction of sp³-hybridized carbons (Fsp3) is 0.625. The molecule has 1 aliphatic carbocycles. The lowest BCUT2D eigenvalue weighted by Crippen LogP contribution is -2.27. The quantitative estimate of drug-likeness (QED) is 0.885. The summed E-state index contributed by atoms with van der Waals surface area (Å²) in [7, 11) is 0. The number of hydrogen-bond acceptors (Lipinski definition) is 2. The van der Waals surface area contributed by atoms with Gasteiger partial charge in [-0.15, -0.1) is 0 Å². The highest BCUT2D eigenvalue weighted by molar-refractivity contribution is 5.23. The van der Waals surface area contributed by atoms with E-state index in [1.807, 2.05) is 0 Å². The molecule has 3 atom stereocenters. The zero-order chi connectivity index (χ0) is 12.5. The van der Waals surface area contributed by atoms with Crippen LogP contribution < -0.4 is 0 Å². The molecule has 1 aliphatic heterocycles. The van der Waals surface area contributed by atoms with Crippen LogP contribution in [0.25, 0.3) is 0 Å². The van der Waals surface area contributed by atoms with Crippen molar-refractivity contribution in [3.63, 3.8) is 0 Å². The van der Waals surface area contributed by atoms with Gasteiger partial charge in [-0.3, -0.25) is 4.90 Å². The van der Waals surface area contributed by atoms with Crippen molar-refractivity contribution in [2.45, 2.75) is 32.3 Å². The molecule has 0 spiro atoms. The first-order chi connectivity index (χ1) is 8.72. The lowest BCUT2D eigenvalue weighted by Gasteiger charge is -2.21. The number of fused-ring (bicyclic) bond motifs is 1. The predicted molar refractivity (Wildman–Crippen MR) is 73.4 cm³/mol. The van der Waals surface area contributed by atoms with Gasteiger partial charge in [0.05, 0.1) is 6.10 Å². The first kappa shape index (κ1) is 12.2. The molecule has 98 valence electrons. The van der Waals surface area contributed by atoms with E-state index in [0.717, 1.165) is 23.9 Å². The standard InChI is InChI=1S/C16H23NO/c1-12-5-7-13(8-6-12)16(18)11-17-9-14-3-2-4-15(14)10-17/h5-8,14-16,18H,2-4,9-11H2,1H3. The number of rotatable bonds is 3. The highest BCUT2D eigenvalue weighted by Gasteiger charge is 2.36. The van der Waals surface area contributed by atoms with Crippen molar-refractivity contribution in [3.8, 4) is 0 Å². The van der Waals surface area contributed by atoms with Crippen LogP contribution in [0.1, 0.15) is 36.5 Å². The van der Waals surface area contributed by atoms with Crippen molar-refractivity contribution in [2.24, 2.45) is 11.8 Å². The maximum Gasteiger partial charge on any atom is 0.0916 e. The average molecular weight is 245 g/mol. The summed E-state index contributed by atoms with van der Waals surface area (Å²) < 4.78 is 0. The molecule has 18 heavy (non-hydrogen) atoms. The van der Waals surface area contributed by atoms with Crippen LogP contribution in [0.4, 0.5) is 0 Å². The lowest BCUT2D eigenvalue weighted by atomic mass is 10.0. The second-order valence-corrected chi connectivity index (χ2v) is 6.10. The van der Waals surface area contributed by atoms with E-state index in [2.05, 4.69) is 36.1 Å². The molecule has 2 aliphatic rings. The number of β-amino-alcohol motifs (C(OH)–C–C–N with tert-alkyl or cyclic N) is 1. The Morgan fingerprint density at radius 3 is 2.39 bits per heavy atom. The van der Waals surface area contributed by atoms with Gasteiger partial charge in [-0.05, 0) is 37.2 Å². The van der Waals surface area contributed by atoms with Gasteiger partial charge in [0.15, 0.2) is 0 Å². The molecule has 0 radical (unpaired) electrons. The van der Waals surface area contributed by atoms with Crippen molar-refractivity contribution >= 4 is 0 Å². The number of aryl methyl sites for hydroxylation is 1. The molecule has 1 aromatic carbocycles. The maximum atomic E-state index is 10.3. The van der Waals surface area contributed by atoms with E-state index in [9.17, 15) is 5.11 Å². The Morgan fingerprint density at radius 2 is 1.78 bits per heavy atom. The minimum atomic E-state index is -0.329. The third-order valence-electron chi connectivity index (χ3n) is 4.70. The Hall–Kier alpha value is -0.860. The van der Waals surface area contributed by atoms with Gasteiger partial charge in [0.1, 0.15) is 0 Å². The molecule has 0 bridgehead atoms. The van der Waals surface area contributed by atoms with Crippen molar-refractivity contribution in [1.29, 1.82) is 0 Å². The molecular formula is C16H23NO. The minimum Gasteiger partial charge on any atom is -0.387 e. The third-order valence-corrected chi connectivity index (χ3v) is 4.70. The number of likely N-dealkylation sites (tertiary alicyclic amines) is 1. The van der Waals surface area contributed by atoms with Crippen LogP contribution in [0.2, 0.25) is 0 Å². The Morgan fingerprint density at radius 1 is 1.17 bits per heavy atom. The Labute approximate surface area is 110 Å².